The third kappa shape index (κ3) is 6.97. The van der Waals surface area contributed by atoms with Crippen LogP contribution in [0, 0.1) is 11.8 Å². The molecule has 0 bridgehead atoms. The smallest absolute Gasteiger partial charge is 0.315 e. The lowest BCUT2D eigenvalue weighted by Gasteiger charge is -2.39. The van der Waals surface area contributed by atoms with Gasteiger partial charge in [-0.05, 0) is 57.5 Å². The normalized spacial score (nSPS) is 19.9. The van der Waals surface area contributed by atoms with Gasteiger partial charge < -0.3 is 15.7 Å². The molecule has 1 saturated heterocycles. The topological polar surface area (TPSA) is 64.6 Å². The lowest BCUT2D eigenvalue weighted by Crippen LogP contribution is -2.51. The summed E-state index contributed by atoms with van der Waals surface area (Å²) in [5.74, 6) is 1.35. The number of likely N-dealkylation sites (tertiary alicyclic amines) is 1. The van der Waals surface area contributed by atoms with Crippen LogP contribution in [0.4, 0.5) is 4.79 Å². The summed E-state index contributed by atoms with van der Waals surface area (Å²) in [6, 6.07) is 0.410. The van der Waals surface area contributed by atoms with Crippen molar-refractivity contribution in [2.24, 2.45) is 11.8 Å². The number of aliphatic hydroxyl groups is 1. The Kier molecular flexibility index (Phi) is 8.79. The van der Waals surface area contributed by atoms with Gasteiger partial charge in [0.25, 0.3) is 0 Å². The second kappa shape index (κ2) is 10.1. The molecule has 1 rings (SSSR count). The Morgan fingerprint density at radius 3 is 2.45 bits per heavy atom. The van der Waals surface area contributed by atoms with Crippen molar-refractivity contribution in [1.82, 2.24) is 15.5 Å². The highest BCUT2D eigenvalue weighted by Gasteiger charge is 2.25. The highest BCUT2D eigenvalue weighted by atomic mass is 16.3. The highest BCUT2D eigenvalue weighted by Crippen LogP contribution is 2.20. The maximum atomic E-state index is 12.0. The van der Waals surface area contributed by atoms with Crippen LogP contribution in [0.5, 0.6) is 0 Å². The second-order valence-electron chi connectivity index (χ2n) is 7.15. The summed E-state index contributed by atoms with van der Waals surface area (Å²) < 4.78 is 0. The molecule has 0 spiro atoms. The van der Waals surface area contributed by atoms with E-state index in [4.69, 9.17) is 5.11 Å². The minimum absolute atomic E-state index is 0.0959. The number of hydrogen-bond donors (Lipinski definition) is 3. The van der Waals surface area contributed by atoms with Crippen molar-refractivity contribution in [2.75, 3.05) is 26.2 Å². The van der Waals surface area contributed by atoms with Gasteiger partial charge in [0.15, 0.2) is 0 Å². The van der Waals surface area contributed by atoms with Gasteiger partial charge in [0.1, 0.15) is 0 Å². The fourth-order valence-corrected chi connectivity index (χ4v) is 3.09. The standard InChI is InChI=1S/C17H35N3O2/c1-13(2)16(20-9-7-14(3)8-10-20)12-18-17(22)19-15(4)6-5-11-21/h13-16,21H,5-12H2,1-4H3,(H2,18,19,22). The quantitative estimate of drug-likeness (QED) is 0.644. The van der Waals surface area contributed by atoms with Gasteiger partial charge in [0, 0.05) is 25.2 Å². The summed E-state index contributed by atoms with van der Waals surface area (Å²) in [5, 5.41) is 14.8. The van der Waals surface area contributed by atoms with Gasteiger partial charge in [0.05, 0.1) is 0 Å². The number of carbonyl (C=O) groups excluding carboxylic acids is 1. The van der Waals surface area contributed by atoms with Crippen molar-refractivity contribution in [2.45, 2.75) is 65.5 Å². The largest absolute Gasteiger partial charge is 0.396 e. The number of piperidine rings is 1. The Balaban J connectivity index is 2.36. The number of aliphatic hydroxyl groups excluding tert-OH is 1. The molecule has 22 heavy (non-hydrogen) atoms. The molecule has 1 fully saturated rings. The first-order valence-electron chi connectivity index (χ1n) is 8.83. The van der Waals surface area contributed by atoms with Gasteiger partial charge in [-0.2, -0.15) is 0 Å². The average molecular weight is 313 g/mol. The van der Waals surface area contributed by atoms with Gasteiger partial charge in [-0.25, -0.2) is 4.79 Å². The van der Waals surface area contributed by atoms with Crippen LogP contribution in [0.2, 0.25) is 0 Å². The zero-order valence-corrected chi connectivity index (χ0v) is 14.8. The van der Waals surface area contributed by atoms with E-state index in [2.05, 4.69) is 36.3 Å². The maximum Gasteiger partial charge on any atom is 0.315 e. The first-order valence-corrected chi connectivity index (χ1v) is 8.83. The molecule has 0 aromatic heterocycles. The van der Waals surface area contributed by atoms with Crippen molar-refractivity contribution in [1.29, 1.82) is 0 Å². The summed E-state index contributed by atoms with van der Waals surface area (Å²) in [7, 11) is 0. The van der Waals surface area contributed by atoms with E-state index in [1.54, 1.807) is 0 Å². The van der Waals surface area contributed by atoms with E-state index in [1.165, 1.54) is 12.8 Å². The molecular formula is C17H35N3O2. The van der Waals surface area contributed by atoms with Gasteiger partial charge in [-0.1, -0.05) is 20.8 Å². The number of urea groups is 1. The van der Waals surface area contributed by atoms with E-state index >= 15 is 0 Å². The number of nitrogens with one attached hydrogen (secondary N) is 2. The van der Waals surface area contributed by atoms with E-state index in [9.17, 15) is 4.79 Å². The van der Waals surface area contributed by atoms with Crippen LogP contribution in [0.3, 0.4) is 0 Å². The Hall–Kier alpha value is -0.810. The monoisotopic (exact) mass is 313 g/mol. The Bertz CT molecular complexity index is 315. The molecule has 2 amide bonds. The zero-order chi connectivity index (χ0) is 16.5. The van der Waals surface area contributed by atoms with E-state index < -0.39 is 0 Å². The van der Waals surface area contributed by atoms with Crippen molar-refractivity contribution in [3.8, 4) is 0 Å². The van der Waals surface area contributed by atoms with Crippen molar-refractivity contribution >= 4 is 6.03 Å². The Morgan fingerprint density at radius 2 is 1.91 bits per heavy atom. The predicted molar refractivity (Wildman–Crippen MR) is 90.9 cm³/mol. The molecule has 130 valence electrons. The number of carbonyl (C=O) groups is 1. The number of hydrogen-bond acceptors (Lipinski definition) is 3. The fourth-order valence-electron chi connectivity index (χ4n) is 3.09. The summed E-state index contributed by atoms with van der Waals surface area (Å²) in [6.07, 6.45) is 4.05. The first-order chi connectivity index (χ1) is 10.4. The molecule has 5 nitrogen and oxygen atoms in total. The van der Waals surface area contributed by atoms with Crippen LogP contribution >= 0.6 is 0 Å². The van der Waals surface area contributed by atoms with E-state index in [-0.39, 0.29) is 18.7 Å². The third-order valence-corrected chi connectivity index (χ3v) is 4.70. The van der Waals surface area contributed by atoms with Gasteiger partial charge in [-0.15, -0.1) is 0 Å². The minimum Gasteiger partial charge on any atom is -0.396 e. The van der Waals surface area contributed by atoms with Gasteiger partial charge in [-0.3, -0.25) is 4.90 Å². The molecule has 0 aromatic rings. The number of amides is 2. The Morgan fingerprint density at radius 1 is 1.27 bits per heavy atom. The SMILES string of the molecule is CC1CCN(C(CNC(=O)NC(C)CCCO)C(C)C)CC1. The van der Waals surface area contributed by atoms with Crippen LogP contribution in [0.25, 0.3) is 0 Å². The molecule has 1 aliphatic heterocycles. The van der Waals surface area contributed by atoms with Crippen LogP contribution in [-0.2, 0) is 0 Å². The summed E-state index contributed by atoms with van der Waals surface area (Å²) in [5.41, 5.74) is 0. The van der Waals surface area contributed by atoms with Gasteiger partial charge >= 0.3 is 6.03 Å². The first kappa shape index (κ1) is 19.2. The van der Waals surface area contributed by atoms with E-state index in [1.807, 2.05) is 6.92 Å². The maximum absolute atomic E-state index is 12.0. The van der Waals surface area contributed by atoms with Crippen molar-refractivity contribution < 1.29 is 9.90 Å². The van der Waals surface area contributed by atoms with Crippen LogP contribution in [0.15, 0.2) is 0 Å². The molecule has 0 aromatic carbocycles. The predicted octanol–water partition coefficient (Wildman–Crippen LogP) is 2.20. The van der Waals surface area contributed by atoms with Crippen LogP contribution < -0.4 is 10.6 Å². The lowest BCUT2D eigenvalue weighted by molar-refractivity contribution is 0.108. The van der Waals surface area contributed by atoms with Crippen molar-refractivity contribution in [3.63, 3.8) is 0 Å². The van der Waals surface area contributed by atoms with Crippen molar-refractivity contribution in [3.05, 3.63) is 0 Å². The third-order valence-electron chi connectivity index (χ3n) is 4.70. The average Bonchev–Trinajstić information content (AvgIpc) is 2.46. The molecule has 1 aliphatic rings. The zero-order valence-electron chi connectivity index (χ0n) is 14.8. The van der Waals surface area contributed by atoms with E-state index in [0.29, 0.717) is 18.5 Å². The fraction of sp³-hybridized carbons (Fsp3) is 0.941. The van der Waals surface area contributed by atoms with E-state index in [0.717, 1.165) is 31.8 Å². The van der Waals surface area contributed by atoms with Crippen LogP contribution in [0.1, 0.15) is 53.4 Å². The highest BCUT2D eigenvalue weighted by molar-refractivity contribution is 5.74. The molecule has 3 N–H and O–H groups in total. The molecule has 2 atom stereocenters. The molecule has 0 radical (unpaired) electrons. The lowest BCUT2D eigenvalue weighted by atomic mass is 9.94. The van der Waals surface area contributed by atoms with Gasteiger partial charge in [0.2, 0.25) is 0 Å². The number of rotatable bonds is 8. The van der Waals surface area contributed by atoms with Crippen LogP contribution in [-0.4, -0.2) is 54.4 Å². The number of nitrogens with zero attached hydrogens (tertiary/aromatic N) is 1. The minimum atomic E-state index is -0.0959. The summed E-state index contributed by atoms with van der Waals surface area (Å²) in [4.78, 5) is 14.5. The second-order valence-corrected chi connectivity index (χ2v) is 7.15. The molecule has 5 heteroatoms. The molecule has 2 unspecified atom stereocenters. The molecular weight excluding hydrogens is 278 g/mol. The summed E-state index contributed by atoms with van der Waals surface area (Å²) >= 11 is 0. The molecule has 1 heterocycles. The molecule has 0 saturated carbocycles. The Labute approximate surface area is 135 Å². The molecule has 0 aliphatic carbocycles. The summed E-state index contributed by atoms with van der Waals surface area (Å²) in [6.45, 7) is 11.9.